The summed E-state index contributed by atoms with van der Waals surface area (Å²) in [5.74, 6) is 0.956. The summed E-state index contributed by atoms with van der Waals surface area (Å²) in [5.41, 5.74) is 1.56. The van der Waals surface area contributed by atoms with Gasteiger partial charge in [0.05, 0.1) is 25.8 Å². The van der Waals surface area contributed by atoms with Crippen LogP contribution in [-0.4, -0.2) is 20.1 Å². The number of hydrogen-bond donors (Lipinski definition) is 1. The van der Waals surface area contributed by atoms with Gasteiger partial charge >= 0.3 is 0 Å². The van der Waals surface area contributed by atoms with E-state index in [0.29, 0.717) is 17.1 Å². The Hall–Kier alpha value is -3.01. The Kier molecular flexibility index (Phi) is 4.89. The molecule has 0 aliphatic rings. The van der Waals surface area contributed by atoms with Crippen molar-refractivity contribution in [3.05, 3.63) is 71.8 Å². The molecule has 0 bridgehead atoms. The van der Waals surface area contributed by atoms with Gasteiger partial charge < -0.3 is 14.8 Å². The number of ether oxygens (including phenoxy) is 2. The predicted molar refractivity (Wildman–Crippen MR) is 99.4 cm³/mol. The van der Waals surface area contributed by atoms with E-state index >= 15 is 0 Å². The van der Waals surface area contributed by atoms with Gasteiger partial charge in [-0.3, -0.25) is 4.79 Å². The largest absolute Gasteiger partial charge is 0.497 e. The number of rotatable bonds is 5. The molecule has 1 atom stereocenters. The summed E-state index contributed by atoms with van der Waals surface area (Å²) in [6.07, 6.45) is 0. The van der Waals surface area contributed by atoms with Crippen LogP contribution in [0.25, 0.3) is 10.8 Å². The zero-order valence-corrected chi connectivity index (χ0v) is 14.6. The molecule has 0 aliphatic carbocycles. The van der Waals surface area contributed by atoms with Crippen molar-refractivity contribution in [3.8, 4) is 11.5 Å². The molecular weight excluding hydrogens is 314 g/mol. The second-order valence-corrected chi connectivity index (χ2v) is 5.83. The molecular formula is C21H21NO3. The van der Waals surface area contributed by atoms with Crippen molar-refractivity contribution < 1.29 is 14.3 Å². The third-order valence-corrected chi connectivity index (χ3v) is 4.29. The smallest absolute Gasteiger partial charge is 0.255 e. The first-order chi connectivity index (χ1) is 12.1. The molecule has 0 radical (unpaired) electrons. The van der Waals surface area contributed by atoms with Crippen LogP contribution in [0.5, 0.6) is 11.5 Å². The van der Waals surface area contributed by atoms with Gasteiger partial charge in [-0.25, -0.2) is 0 Å². The maximum absolute atomic E-state index is 12.7. The quantitative estimate of drug-likeness (QED) is 0.754. The molecule has 0 aromatic heterocycles. The molecule has 0 heterocycles. The average molecular weight is 335 g/mol. The monoisotopic (exact) mass is 335 g/mol. The van der Waals surface area contributed by atoms with Crippen molar-refractivity contribution >= 4 is 16.7 Å². The van der Waals surface area contributed by atoms with Gasteiger partial charge in [0.25, 0.3) is 5.91 Å². The highest BCUT2D eigenvalue weighted by molar-refractivity contribution is 5.97. The van der Waals surface area contributed by atoms with E-state index in [4.69, 9.17) is 9.47 Å². The summed E-state index contributed by atoms with van der Waals surface area (Å²) >= 11 is 0. The fourth-order valence-corrected chi connectivity index (χ4v) is 2.97. The summed E-state index contributed by atoms with van der Waals surface area (Å²) in [6, 6.07) is 19.3. The Bertz CT molecular complexity index is 899. The van der Waals surface area contributed by atoms with Gasteiger partial charge in [-0.2, -0.15) is 0 Å². The van der Waals surface area contributed by atoms with Crippen LogP contribution in [0.15, 0.2) is 60.7 Å². The molecule has 4 nitrogen and oxygen atoms in total. The number of methoxy groups -OCH3 is 2. The zero-order chi connectivity index (χ0) is 17.8. The Morgan fingerprint density at radius 2 is 1.72 bits per heavy atom. The lowest BCUT2D eigenvalue weighted by Crippen LogP contribution is -2.27. The molecule has 1 N–H and O–H groups in total. The van der Waals surface area contributed by atoms with Gasteiger partial charge in [0.1, 0.15) is 11.5 Å². The van der Waals surface area contributed by atoms with Gasteiger partial charge in [0.2, 0.25) is 0 Å². The summed E-state index contributed by atoms with van der Waals surface area (Å²) in [6.45, 7) is 1.98. The van der Waals surface area contributed by atoms with Gasteiger partial charge in [0.15, 0.2) is 0 Å². The van der Waals surface area contributed by atoms with E-state index in [1.807, 2.05) is 31.2 Å². The van der Waals surface area contributed by atoms with E-state index in [-0.39, 0.29) is 11.9 Å². The second kappa shape index (κ2) is 7.26. The topological polar surface area (TPSA) is 47.6 Å². The molecule has 0 saturated heterocycles. The lowest BCUT2D eigenvalue weighted by Gasteiger charge is -2.18. The number of amides is 1. The van der Waals surface area contributed by atoms with Crippen molar-refractivity contribution in [2.45, 2.75) is 13.0 Å². The van der Waals surface area contributed by atoms with E-state index in [1.165, 1.54) is 0 Å². The number of benzene rings is 3. The standard InChI is InChI=1S/C21H21NO3/c1-14(17-10-6-8-15-7-4-5-9-18(15)17)22-21(23)19-12-11-16(24-2)13-20(19)25-3/h4-14H,1-3H3,(H,22,23). The summed E-state index contributed by atoms with van der Waals surface area (Å²) in [7, 11) is 3.12. The molecule has 3 rings (SSSR count). The highest BCUT2D eigenvalue weighted by atomic mass is 16.5. The van der Waals surface area contributed by atoms with Crippen molar-refractivity contribution in [2.75, 3.05) is 14.2 Å². The summed E-state index contributed by atoms with van der Waals surface area (Å²) < 4.78 is 10.5. The van der Waals surface area contributed by atoms with Gasteiger partial charge in [-0.1, -0.05) is 42.5 Å². The minimum Gasteiger partial charge on any atom is -0.497 e. The third kappa shape index (κ3) is 3.43. The first-order valence-electron chi connectivity index (χ1n) is 8.14. The minimum absolute atomic E-state index is 0.134. The molecule has 1 unspecified atom stereocenters. The van der Waals surface area contributed by atoms with Crippen molar-refractivity contribution in [2.24, 2.45) is 0 Å². The predicted octanol–water partition coefficient (Wildman–Crippen LogP) is 4.35. The molecule has 0 aliphatic heterocycles. The maximum atomic E-state index is 12.7. The highest BCUT2D eigenvalue weighted by Gasteiger charge is 2.17. The Morgan fingerprint density at radius 1 is 0.960 bits per heavy atom. The zero-order valence-electron chi connectivity index (χ0n) is 14.6. The van der Waals surface area contributed by atoms with E-state index in [9.17, 15) is 4.79 Å². The first kappa shape index (κ1) is 16.8. The Morgan fingerprint density at radius 3 is 2.48 bits per heavy atom. The van der Waals surface area contributed by atoms with Crippen LogP contribution in [0, 0.1) is 0 Å². The molecule has 128 valence electrons. The minimum atomic E-state index is -0.181. The van der Waals surface area contributed by atoms with Crippen LogP contribution < -0.4 is 14.8 Å². The van der Waals surface area contributed by atoms with Crippen LogP contribution in [0.3, 0.4) is 0 Å². The average Bonchev–Trinajstić information content (AvgIpc) is 2.66. The lowest BCUT2D eigenvalue weighted by molar-refractivity contribution is 0.0937. The van der Waals surface area contributed by atoms with Crippen LogP contribution >= 0.6 is 0 Å². The van der Waals surface area contributed by atoms with Crippen LogP contribution in [0.1, 0.15) is 28.9 Å². The SMILES string of the molecule is COc1ccc(C(=O)NC(C)c2cccc3ccccc23)c(OC)c1. The van der Waals surface area contributed by atoms with E-state index in [2.05, 4.69) is 23.5 Å². The van der Waals surface area contributed by atoms with Crippen molar-refractivity contribution in [1.82, 2.24) is 5.32 Å². The van der Waals surface area contributed by atoms with Crippen LogP contribution in [0.2, 0.25) is 0 Å². The maximum Gasteiger partial charge on any atom is 0.255 e. The van der Waals surface area contributed by atoms with Gasteiger partial charge in [-0.05, 0) is 35.4 Å². The van der Waals surface area contributed by atoms with Crippen LogP contribution in [-0.2, 0) is 0 Å². The Balaban J connectivity index is 1.87. The van der Waals surface area contributed by atoms with Crippen molar-refractivity contribution in [3.63, 3.8) is 0 Å². The molecule has 3 aromatic carbocycles. The Labute approximate surface area is 147 Å². The number of nitrogens with one attached hydrogen (secondary N) is 1. The molecule has 1 amide bonds. The molecule has 0 saturated carbocycles. The number of carbonyl (C=O) groups excluding carboxylic acids is 1. The van der Waals surface area contributed by atoms with Crippen LogP contribution in [0.4, 0.5) is 0 Å². The summed E-state index contributed by atoms with van der Waals surface area (Å²) in [5, 5.41) is 5.35. The second-order valence-electron chi connectivity index (χ2n) is 5.83. The number of carbonyl (C=O) groups is 1. The molecule has 0 spiro atoms. The fourth-order valence-electron chi connectivity index (χ4n) is 2.97. The molecule has 0 fully saturated rings. The van der Waals surface area contributed by atoms with Gasteiger partial charge in [0, 0.05) is 6.07 Å². The molecule has 3 aromatic rings. The first-order valence-corrected chi connectivity index (χ1v) is 8.14. The summed E-state index contributed by atoms with van der Waals surface area (Å²) in [4.78, 5) is 12.7. The normalized spacial score (nSPS) is 11.8. The van der Waals surface area contributed by atoms with E-state index in [1.54, 1.807) is 32.4 Å². The highest BCUT2D eigenvalue weighted by Crippen LogP contribution is 2.27. The van der Waals surface area contributed by atoms with Gasteiger partial charge in [-0.15, -0.1) is 0 Å². The molecule has 4 heteroatoms. The fraction of sp³-hybridized carbons (Fsp3) is 0.190. The molecule has 25 heavy (non-hydrogen) atoms. The van der Waals surface area contributed by atoms with E-state index in [0.717, 1.165) is 16.3 Å². The third-order valence-electron chi connectivity index (χ3n) is 4.29. The van der Waals surface area contributed by atoms with E-state index < -0.39 is 0 Å². The lowest BCUT2D eigenvalue weighted by atomic mass is 9.99. The van der Waals surface area contributed by atoms with Crippen molar-refractivity contribution in [1.29, 1.82) is 0 Å². The number of hydrogen-bond acceptors (Lipinski definition) is 3. The number of fused-ring (bicyclic) bond motifs is 1.